The van der Waals surface area contributed by atoms with Crippen molar-refractivity contribution in [2.75, 3.05) is 4.90 Å². The highest BCUT2D eigenvalue weighted by molar-refractivity contribution is 7.20. The molecule has 0 saturated heterocycles. The number of thiophene rings is 1. The summed E-state index contributed by atoms with van der Waals surface area (Å²) in [5.41, 5.74) is 11.4. The van der Waals surface area contributed by atoms with Gasteiger partial charge in [-0.1, -0.05) is 91.5 Å². The molecular weight excluding hydrogens is 653 g/mol. The van der Waals surface area contributed by atoms with Gasteiger partial charge in [-0.2, -0.15) is 0 Å². The average molecular weight is 685 g/mol. The fourth-order valence-corrected chi connectivity index (χ4v) is 9.62. The molecule has 1 aliphatic carbocycles. The van der Waals surface area contributed by atoms with Crippen LogP contribution in [0.2, 0.25) is 0 Å². The van der Waals surface area contributed by atoms with Crippen LogP contribution in [0.1, 0.15) is 21.9 Å². The Labute approximate surface area is 304 Å². The smallest absolute Gasteiger partial charge is 0.137 e. The van der Waals surface area contributed by atoms with Gasteiger partial charge in [0.1, 0.15) is 11.2 Å². The van der Waals surface area contributed by atoms with Gasteiger partial charge in [-0.25, -0.2) is 0 Å². The lowest BCUT2D eigenvalue weighted by atomic mass is 9.87. The van der Waals surface area contributed by atoms with Gasteiger partial charge in [0.05, 0.1) is 16.6 Å². The topological polar surface area (TPSA) is 20.8 Å². The van der Waals surface area contributed by atoms with Gasteiger partial charge in [-0.3, -0.25) is 0 Å². The highest BCUT2D eigenvalue weighted by Crippen LogP contribution is 2.42. The summed E-state index contributed by atoms with van der Waals surface area (Å²) in [7, 11) is 0. The maximum absolute atomic E-state index is 6.40. The first-order chi connectivity index (χ1) is 25.7. The largest absolute Gasteiger partial charge is 0.456 e. The summed E-state index contributed by atoms with van der Waals surface area (Å²) in [4.78, 5) is 3.75. The van der Waals surface area contributed by atoms with Crippen LogP contribution in [0.4, 0.5) is 17.1 Å². The summed E-state index contributed by atoms with van der Waals surface area (Å²) >= 11 is 1.90. The molecule has 246 valence electrons. The molecule has 0 saturated carbocycles. The Kier molecular flexibility index (Phi) is 6.40. The van der Waals surface area contributed by atoms with Gasteiger partial charge in [0, 0.05) is 65.4 Å². The van der Waals surface area contributed by atoms with Crippen LogP contribution in [0.15, 0.2) is 163 Å². The summed E-state index contributed by atoms with van der Waals surface area (Å²) < 4.78 is 10.2. The molecule has 1 aliphatic rings. The van der Waals surface area contributed by atoms with Crippen LogP contribution in [-0.4, -0.2) is 4.40 Å². The molecule has 0 amide bonds. The van der Waals surface area contributed by atoms with E-state index in [2.05, 4.69) is 162 Å². The molecule has 11 rings (SSSR count). The van der Waals surface area contributed by atoms with Gasteiger partial charge in [0.2, 0.25) is 0 Å². The van der Waals surface area contributed by atoms with Gasteiger partial charge in [-0.05, 0) is 95.7 Å². The van der Waals surface area contributed by atoms with Crippen molar-refractivity contribution >= 4 is 99.9 Å². The van der Waals surface area contributed by atoms with E-state index in [0.717, 1.165) is 45.4 Å². The summed E-state index contributed by atoms with van der Waals surface area (Å²) in [6, 6.07) is 50.6. The van der Waals surface area contributed by atoms with Crippen molar-refractivity contribution in [1.82, 2.24) is 4.40 Å². The minimum atomic E-state index is 0.330. The molecule has 52 heavy (non-hydrogen) atoms. The van der Waals surface area contributed by atoms with Crippen LogP contribution in [-0.2, 0) is 6.42 Å². The second kappa shape index (κ2) is 11.3. The maximum Gasteiger partial charge on any atom is 0.137 e. The number of benzene rings is 6. The third kappa shape index (κ3) is 4.38. The van der Waals surface area contributed by atoms with Crippen LogP contribution in [0.25, 0.3) is 71.5 Å². The third-order valence-electron chi connectivity index (χ3n) is 10.9. The zero-order valence-electron chi connectivity index (χ0n) is 28.3. The Hall–Kier alpha value is -6.36. The molecule has 0 spiro atoms. The Morgan fingerprint density at radius 1 is 0.654 bits per heavy atom. The second-order valence-electron chi connectivity index (χ2n) is 13.8. The van der Waals surface area contributed by atoms with Crippen LogP contribution in [0.5, 0.6) is 0 Å². The molecule has 0 radical (unpaired) electrons. The molecule has 1 unspecified atom stereocenters. The van der Waals surface area contributed by atoms with Crippen LogP contribution in [0, 0.1) is 0 Å². The van der Waals surface area contributed by atoms with E-state index >= 15 is 0 Å². The summed E-state index contributed by atoms with van der Waals surface area (Å²) in [5.74, 6) is 0.330. The predicted octanol–water partition coefficient (Wildman–Crippen LogP) is 12.9. The van der Waals surface area contributed by atoms with E-state index in [1.807, 2.05) is 29.5 Å². The van der Waals surface area contributed by atoms with E-state index in [9.17, 15) is 0 Å². The number of allylic oxidation sites excluding steroid dienone is 2. The Morgan fingerprint density at radius 2 is 1.40 bits per heavy atom. The number of hydrogen-bond donors (Lipinski definition) is 0. The first-order valence-corrected chi connectivity index (χ1v) is 18.6. The number of hydrogen-bond acceptors (Lipinski definition) is 3. The van der Waals surface area contributed by atoms with Gasteiger partial charge in [-0.15, -0.1) is 11.3 Å². The maximum atomic E-state index is 6.40. The number of nitrogens with zero attached hydrogens (tertiary/aromatic N) is 2. The van der Waals surface area contributed by atoms with Gasteiger partial charge >= 0.3 is 0 Å². The molecule has 0 bridgehead atoms. The molecule has 6 aromatic carbocycles. The van der Waals surface area contributed by atoms with Crippen LogP contribution < -0.4 is 10.1 Å². The minimum Gasteiger partial charge on any atom is -0.456 e. The van der Waals surface area contributed by atoms with E-state index in [4.69, 9.17) is 4.42 Å². The van der Waals surface area contributed by atoms with Crippen LogP contribution >= 0.6 is 11.3 Å². The molecule has 1 atom stereocenters. The van der Waals surface area contributed by atoms with E-state index in [1.54, 1.807) is 0 Å². The molecule has 4 aromatic heterocycles. The normalized spacial score (nSPS) is 14.8. The highest BCUT2D eigenvalue weighted by Gasteiger charge is 2.22. The lowest BCUT2D eigenvalue weighted by Gasteiger charge is -2.26. The zero-order valence-corrected chi connectivity index (χ0v) is 29.1. The number of aromatic nitrogens is 1. The molecule has 0 N–H and O–H groups in total. The fraction of sp³-hybridized carbons (Fsp3) is 0.0417. The number of rotatable bonds is 5. The molecule has 4 heteroatoms. The highest BCUT2D eigenvalue weighted by atomic mass is 32.1. The standard InChI is InChI=1S/C48H32N2OS/c1-2-9-36-40-28-34(22-24-43(40)50-42-13-6-3-10-32(42)27-44(36)50)49(35-21-23-38-37-11-4-7-14-45(37)51-46(38)29-35)33-19-16-30(17-20-33)31-18-25-48-41(26-31)39-12-5-8-15-47(39)52-48/h2-25,27-29,31H,1,26H2. The number of fused-ring (bicyclic) bond motifs is 11. The summed E-state index contributed by atoms with van der Waals surface area (Å²) in [5, 5.41) is 7.25. The number of anilines is 3. The average Bonchev–Trinajstić information content (AvgIpc) is 3.94. The van der Waals surface area contributed by atoms with Crippen LogP contribution in [0.3, 0.4) is 0 Å². The van der Waals surface area contributed by atoms with Crippen molar-refractivity contribution in [2.45, 2.75) is 12.3 Å². The first kappa shape index (κ1) is 29.4. The molecule has 4 heterocycles. The number of para-hydroxylation sites is 2. The summed E-state index contributed by atoms with van der Waals surface area (Å²) in [6.45, 7) is 4.08. The zero-order chi connectivity index (χ0) is 34.3. The predicted molar refractivity (Wildman–Crippen MR) is 222 cm³/mol. The Bertz CT molecular complexity index is 3140. The fourth-order valence-electron chi connectivity index (χ4n) is 8.47. The molecule has 0 fully saturated rings. The van der Waals surface area contributed by atoms with E-state index in [1.165, 1.54) is 58.6 Å². The Morgan fingerprint density at radius 3 is 2.31 bits per heavy atom. The quantitative estimate of drug-likeness (QED) is 0.180. The molecule has 10 aromatic rings. The van der Waals surface area contributed by atoms with Crippen molar-refractivity contribution in [3.05, 3.63) is 179 Å². The van der Waals surface area contributed by atoms with Gasteiger partial charge in [0.25, 0.3) is 0 Å². The second-order valence-corrected chi connectivity index (χ2v) is 14.8. The third-order valence-corrected chi connectivity index (χ3v) is 12.1. The van der Waals surface area contributed by atoms with Crippen molar-refractivity contribution < 1.29 is 4.42 Å². The van der Waals surface area contributed by atoms with Crippen molar-refractivity contribution in [2.24, 2.45) is 0 Å². The number of furan rings is 1. The minimum absolute atomic E-state index is 0.330. The molecule has 3 nitrogen and oxygen atoms in total. The van der Waals surface area contributed by atoms with Crippen molar-refractivity contribution in [1.29, 1.82) is 0 Å². The van der Waals surface area contributed by atoms with Gasteiger partial charge < -0.3 is 13.7 Å². The first-order valence-electron chi connectivity index (χ1n) is 17.8. The monoisotopic (exact) mass is 684 g/mol. The lowest BCUT2D eigenvalue weighted by molar-refractivity contribution is 0.669. The molecular formula is C48H32N2OS. The van der Waals surface area contributed by atoms with E-state index < -0.39 is 0 Å². The SMILES string of the molecule is C=CC=c1c2cc(N(c3ccc(C4C=Cc5sc6ccccc6c5C4)cc3)c3ccc4c(c3)oc3ccccc34)ccc2n2c1cc1ccccc12. The van der Waals surface area contributed by atoms with Crippen molar-refractivity contribution in [3.8, 4) is 0 Å². The van der Waals surface area contributed by atoms with E-state index in [-0.39, 0.29) is 0 Å². The summed E-state index contributed by atoms with van der Waals surface area (Å²) in [6.07, 6.45) is 9.76. The van der Waals surface area contributed by atoms with Crippen molar-refractivity contribution in [3.63, 3.8) is 0 Å². The van der Waals surface area contributed by atoms with E-state index in [0.29, 0.717) is 5.92 Å². The van der Waals surface area contributed by atoms with Gasteiger partial charge in [0.15, 0.2) is 0 Å². The lowest BCUT2D eigenvalue weighted by Crippen LogP contribution is -2.11. The molecule has 0 aliphatic heterocycles. The Balaban J connectivity index is 1.06.